The van der Waals surface area contributed by atoms with Crippen LogP contribution in [0.4, 0.5) is 0 Å². The minimum atomic E-state index is -0.601. The Hall–Kier alpha value is -1.79. The summed E-state index contributed by atoms with van der Waals surface area (Å²) in [6, 6.07) is 7.98. The topological polar surface area (TPSA) is 41.1 Å². The lowest BCUT2D eigenvalue weighted by Gasteiger charge is -2.28. The molecule has 3 heteroatoms. The molecular weight excluding hydrogens is 224 g/mol. The van der Waals surface area contributed by atoms with Crippen LogP contribution in [0.25, 0.3) is 0 Å². The van der Waals surface area contributed by atoms with Gasteiger partial charge in [0, 0.05) is 6.54 Å². The third-order valence-corrected chi connectivity index (χ3v) is 3.19. The number of rotatable bonds is 2. The average Bonchev–Trinajstić information content (AvgIpc) is 2.37. The fourth-order valence-electron chi connectivity index (χ4n) is 2.07. The summed E-state index contributed by atoms with van der Waals surface area (Å²) in [7, 11) is 0. The van der Waals surface area contributed by atoms with Crippen LogP contribution in [0.1, 0.15) is 25.0 Å². The normalized spacial score (nSPS) is 18.6. The number of terminal acetylenes is 1. The first-order valence-corrected chi connectivity index (χ1v) is 6.12. The Kier molecular flexibility index (Phi) is 3.40. The summed E-state index contributed by atoms with van der Waals surface area (Å²) in [5, 5.41) is 6.11. The largest absolute Gasteiger partial charge is 0.339 e. The predicted octanol–water partition coefficient (Wildman–Crippen LogP) is 1.23. The molecule has 0 unspecified atom stereocenters. The van der Waals surface area contributed by atoms with Gasteiger partial charge in [0.15, 0.2) is 0 Å². The van der Waals surface area contributed by atoms with E-state index in [1.54, 1.807) is 0 Å². The summed E-state index contributed by atoms with van der Waals surface area (Å²) in [5.74, 6) is 2.54. The van der Waals surface area contributed by atoms with E-state index in [1.165, 1.54) is 11.1 Å². The zero-order valence-corrected chi connectivity index (χ0v) is 10.8. The van der Waals surface area contributed by atoms with Gasteiger partial charge in [-0.15, -0.1) is 6.42 Å². The molecule has 1 aliphatic heterocycles. The Labute approximate surface area is 108 Å². The van der Waals surface area contributed by atoms with Crippen molar-refractivity contribution in [2.75, 3.05) is 0 Å². The van der Waals surface area contributed by atoms with Crippen molar-refractivity contribution in [1.29, 1.82) is 0 Å². The van der Waals surface area contributed by atoms with Crippen LogP contribution in [0.2, 0.25) is 0 Å². The molecule has 2 N–H and O–H groups in total. The number of fused-ring (bicyclic) bond motifs is 1. The number of carbonyl (C=O) groups excluding carboxylic acids is 1. The molecule has 1 atom stereocenters. The summed E-state index contributed by atoms with van der Waals surface area (Å²) in [4.78, 5) is 12.1. The Morgan fingerprint density at radius 3 is 2.78 bits per heavy atom. The molecule has 0 radical (unpaired) electrons. The van der Waals surface area contributed by atoms with Gasteiger partial charge in [-0.25, -0.2) is 0 Å². The molecule has 0 saturated carbocycles. The van der Waals surface area contributed by atoms with E-state index in [0.717, 1.165) is 6.54 Å². The summed E-state index contributed by atoms with van der Waals surface area (Å²) in [6.07, 6.45) is 6.09. The van der Waals surface area contributed by atoms with Crippen molar-refractivity contribution < 1.29 is 4.79 Å². The molecule has 3 nitrogen and oxygen atoms in total. The highest BCUT2D eigenvalue weighted by molar-refractivity contribution is 5.83. The smallest absolute Gasteiger partial charge is 0.238 e. The van der Waals surface area contributed by atoms with Crippen LogP contribution < -0.4 is 10.6 Å². The van der Waals surface area contributed by atoms with Crippen LogP contribution >= 0.6 is 0 Å². The van der Waals surface area contributed by atoms with Crippen LogP contribution in [0.5, 0.6) is 0 Å². The predicted molar refractivity (Wildman–Crippen MR) is 71.8 cm³/mol. The second-order valence-corrected chi connectivity index (χ2v) is 5.16. The van der Waals surface area contributed by atoms with Crippen molar-refractivity contribution in [3.8, 4) is 12.3 Å². The van der Waals surface area contributed by atoms with Gasteiger partial charge in [0.05, 0.1) is 11.6 Å². The van der Waals surface area contributed by atoms with Gasteiger partial charge in [-0.05, 0) is 31.4 Å². The fraction of sp³-hybridized carbons (Fsp3) is 0.400. The molecule has 94 valence electrons. The molecular formula is C15H18N2O. The van der Waals surface area contributed by atoms with E-state index in [2.05, 4.69) is 28.7 Å². The van der Waals surface area contributed by atoms with Crippen LogP contribution in [-0.2, 0) is 17.8 Å². The number of hydrogen-bond donors (Lipinski definition) is 2. The molecule has 1 amide bonds. The van der Waals surface area contributed by atoms with Gasteiger partial charge in [0.25, 0.3) is 0 Å². The van der Waals surface area contributed by atoms with Crippen molar-refractivity contribution in [3.63, 3.8) is 0 Å². The molecule has 1 heterocycles. The fourth-order valence-corrected chi connectivity index (χ4v) is 2.07. The maximum Gasteiger partial charge on any atom is 0.238 e. The molecule has 0 bridgehead atoms. The van der Waals surface area contributed by atoms with E-state index < -0.39 is 5.54 Å². The van der Waals surface area contributed by atoms with Gasteiger partial charge in [-0.1, -0.05) is 30.2 Å². The molecule has 0 spiro atoms. The number of amides is 1. The first-order chi connectivity index (χ1) is 8.52. The monoisotopic (exact) mass is 242 g/mol. The van der Waals surface area contributed by atoms with Crippen molar-refractivity contribution >= 4 is 5.91 Å². The van der Waals surface area contributed by atoms with Gasteiger partial charge >= 0.3 is 0 Å². The molecule has 1 aromatic rings. The van der Waals surface area contributed by atoms with Crippen molar-refractivity contribution in [2.24, 2.45) is 0 Å². The molecule has 0 aliphatic carbocycles. The zero-order chi connectivity index (χ0) is 13.2. The second kappa shape index (κ2) is 4.83. The Bertz CT molecular complexity index is 499. The first-order valence-electron chi connectivity index (χ1n) is 6.12. The maximum atomic E-state index is 12.1. The van der Waals surface area contributed by atoms with Gasteiger partial charge in [-0.3, -0.25) is 4.79 Å². The highest BCUT2D eigenvalue weighted by Crippen LogP contribution is 2.16. The van der Waals surface area contributed by atoms with E-state index >= 15 is 0 Å². The minimum absolute atomic E-state index is 0.0348. The second-order valence-electron chi connectivity index (χ2n) is 5.16. The summed E-state index contributed by atoms with van der Waals surface area (Å²) < 4.78 is 0. The average molecular weight is 242 g/mol. The zero-order valence-electron chi connectivity index (χ0n) is 10.8. The van der Waals surface area contributed by atoms with E-state index in [-0.39, 0.29) is 11.9 Å². The molecule has 0 aromatic heterocycles. The van der Waals surface area contributed by atoms with E-state index in [0.29, 0.717) is 6.42 Å². The first kappa shape index (κ1) is 12.7. The minimum Gasteiger partial charge on any atom is -0.339 e. The lowest BCUT2D eigenvalue weighted by molar-refractivity contribution is -0.124. The number of nitrogens with one attached hydrogen (secondary N) is 2. The number of carbonyl (C=O) groups is 1. The summed E-state index contributed by atoms with van der Waals surface area (Å²) in [6.45, 7) is 4.37. The SMILES string of the molecule is C#CC(C)(C)NC(=O)[C@@H]1Cc2ccccc2CN1. The Morgan fingerprint density at radius 2 is 2.11 bits per heavy atom. The van der Waals surface area contributed by atoms with Crippen LogP contribution in [0, 0.1) is 12.3 Å². The lowest BCUT2D eigenvalue weighted by atomic mass is 9.95. The maximum absolute atomic E-state index is 12.1. The molecule has 18 heavy (non-hydrogen) atoms. The van der Waals surface area contributed by atoms with E-state index in [9.17, 15) is 4.79 Å². The third-order valence-electron chi connectivity index (χ3n) is 3.19. The van der Waals surface area contributed by atoms with E-state index in [4.69, 9.17) is 6.42 Å². The standard InChI is InChI=1S/C15H18N2O/c1-4-15(2,3)17-14(18)13-9-11-7-5-6-8-12(11)10-16-13/h1,5-8,13,16H,9-10H2,2-3H3,(H,17,18)/t13-/m0/s1. The summed E-state index contributed by atoms with van der Waals surface area (Å²) >= 11 is 0. The number of benzene rings is 1. The van der Waals surface area contributed by atoms with Crippen molar-refractivity contribution in [1.82, 2.24) is 10.6 Å². The molecule has 1 aromatic carbocycles. The molecule has 2 rings (SSSR count). The lowest BCUT2D eigenvalue weighted by Crippen LogP contribution is -2.53. The Morgan fingerprint density at radius 1 is 1.44 bits per heavy atom. The van der Waals surface area contributed by atoms with Crippen molar-refractivity contribution in [3.05, 3.63) is 35.4 Å². The van der Waals surface area contributed by atoms with Crippen LogP contribution in [-0.4, -0.2) is 17.5 Å². The van der Waals surface area contributed by atoms with Crippen LogP contribution in [0.3, 0.4) is 0 Å². The van der Waals surface area contributed by atoms with Crippen molar-refractivity contribution in [2.45, 2.75) is 38.4 Å². The molecule has 0 fully saturated rings. The van der Waals surface area contributed by atoms with Gasteiger partial charge in [0.2, 0.25) is 5.91 Å². The van der Waals surface area contributed by atoms with Crippen LogP contribution in [0.15, 0.2) is 24.3 Å². The van der Waals surface area contributed by atoms with Gasteiger partial charge < -0.3 is 10.6 Å². The highest BCUT2D eigenvalue weighted by Gasteiger charge is 2.27. The summed E-state index contributed by atoms with van der Waals surface area (Å²) in [5.41, 5.74) is 1.89. The number of hydrogen-bond acceptors (Lipinski definition) is 2. The Balaban J connectivity index is 2.06. The molecule has 0 saturated heterocycles. The van der Waals surface area contributed by atoms with Gasteiger partial charge in [0.1, 0.15) is 0 Å². The quantitative estimate of drug-likeness (QED) is 0.766. The molecule has 1 aliphatic rings. The van der Waals surface area contributed by atoms with E-state index in [1.807, 2.05) is 26.0 Å². The third kappa shape index (κ3) is 2.72. The highest BCUT2D eigenvalue weighted by atomic mass is 16.2. The van der Waals surface area contributed by atoms with Gasteiger partial charge in [-0.2, -0.15) is 0 Å².